The van der Waals surface area contributed by atoms with Crippen molar-refractivity contribution in [1.29, 1.82) is 0 Å². The first-order valence-corrected chi connectivity index (χ1v) is 7.08. The second kappa shape index (κ2) is 6.06. The van der Waals surface area contributed by atoms with Crippen LogP contribution in [0.4, 0.5) is 0 Å². The van der Waals surface area contributed by atoms with Crippen LogP contribution in [-0.2, 0) is 25.9 Å². The Morgan fingerprint density at radius 2 is 2.16 bits per heavy atom. The van der Waals surface area contributed by atoms with Gasteiger partial charge in [-0.2, -0.15) is 5.10 Å². The van der Waals surface area contributed by atoms with E-state index >= 15 is 0 Å². The molecular formula is C15H24N4. The number of aryl methyl sites for hydroxylation is 2. The molecule has 2 rings (SSSR count). The van der Waals surface area contributed by atoms with E-state index in [-0.39, 0.29) is 6.04 Å². The van der Waals surface area contributed by atoms with Gasteiger partial charge in [0, 0.05) is 25.0 Å². The second-order valence-corrected chi connectivity index (χ2v) is 5.17. The molecule has 0 aliphatic rings. The van der Waals surface area contributed by atoms with Crippen molar-refractivity contribution in [3.05, 3.63) is 41.5 Å². The predicted octanol–water partition coefficient (Wildman–Crippen LogP) is 2.20. The average Bonchev–Trinajstić information content (AvgIpc) is 2.96. The minimum absolute atomic E-state index is 0.212. The third-order valence-electron chi connectivity index (χ3n) is 3.29. The van der Waals surface area contributed by atoms with Gasteiger partial charge in [-0.05, 0) is 44.4 Å². The zero-order valence-electron chi connectivity index (χ0n) is 12.1. The van der Waals surface area contributed by atoms with Gasteiger partial charge in [0.2, 0.25) is 0 Å². The molecule has 0 aliphatic heterocycles. The molecule has 0 bridgehead atoms. The van der Waals surface area contributed by atoms with Crippen molar-refractivity contribution in [1.82, 2.24) is 14.3 Å². The molecule has 2 heterocycles. The van der Waals surface area contributed by atoms with Gasteiger partial charge in [-0.3, -0.25) is 4.68 Å². The Morgan fingerprint density at radius 3 is 2.79 bits per heavy atom. The van der Waals surface area contributed by atoms with Crippen molar-refractivity contribution in [2.75, 3.05) is 0 Å². The molecule has 2 N–H and O–H groups in total. The van der Waals surface area contributed by atoms with Crippen LogP contribution >= 0.6 is 0 Å². The van der Waals surface area contributed by atoms with E-state index in [4.69, 9.17) is 5.73 Å². The van der Waals surface area contributed by atoms with Gasteiger partial charge >= 0.3 is 0 Å². The van der Waals surface area contributed by atoms with Crippen molar-refractivity contribution in [3.63, 3.8) is 0 Å². The summed E-state index contributed by atoms with van der Waals surface area (Å²) in [5.74, 6) is 0. The maximum absolute atomic E-state index is 5.83. The summed E-state index contributed by atoms with van der Waals surface area (Å²) in [5.41, 5.74) is 9.56. The lowest BCUT2D eigenvalue weighted by molar-refractivity contribution is 0.595. The van der Waals surface area contributed by atoms with Crippen LogP contribution in [0.15, 0.2) is 24.5 Å². The second-order valence-electron chi connectivity index (χ2n) is 5.17. The van der Waals surface area contributed by atoms with Gasteiger partial charge in [-0.25, -0.2) is 0 Å². The standard InChI is InChI=1S/C15H24N4/c1-4-14-9-15(19(5-2)17-14)11-18-7-6-13(10-18)8-12(3)16/h6-7,9-10,12H,4-5,8,11,16H2,1-3H3. The fraction of sp³-hybridized carbons (Fsp3) is 0.533. The smallest absolute Gasteiger partial charge is 0.0639 e. The number of aromatic nitrogens is 3. The maximum Gasteiger partial charge on any atom is 0.0639 e. The van der Waals surface area contributed by atoms with Crippen molar-refractivity contribution >= 4 is 0 Å². The molecule has 1 atom stereocenters. The van der Waals surface area contributed by atoms with E-state index in [0.29, 0.717) is 0 Å². The molecule has 0 amide bonds. The van der Waals surface area contributed by atoms with Crippen molar-refractivity contribution < 1.29 is 0 Å². The molecular weight excluding hydrogens is 236 g/mol. The van der Waals surface area contributed by atoms with E-state index in [1.54, 1.807) is 0 Å². The van der Waals surface area contributed by atoms with E-state index in [1.807, 2.05) is 6.92 Å². The van der Waals surface area contributed by atoms with Gasteiger partial charge in [0.05, 0.1) is 17.9 Å². The largest absolute Gasteiger partial charge is 0.348 e. The fourth-order valence-electron chi connectivity index (χ4n) is 2.36. The Hall–Kier alpha value is -1.55. The molecule has 0 aliphatic carbocycles. The highest BCUT2D eigenvalue weighted by molar-refractivity contribution is 5.15. The highest BCUT2D eigenvalue weighted by Gasteiger charge is 2.07. The van der Waals surface area contributed by atoms with Gasteiger partial charge in [-0.1, -0.05) is 6.92 Å². The van der Waals surface area contributed by atoms with E-state index in [1.165, 1.54) is 17.0 Å². The van der Waals surface area contributed by atoms with Crippen LogP contribution in [0.5, 0.6) is 0 Å². The first kappa shape index (κ1) is 13.9. The normalized spacial score (nSPS) is 12.8. The first-order chi connectivity index (χ1) is 9.12. The summed E-state index contributed by atoms with van der Waals surface area (Å²) < 4.78 is 4.30. The van der Waals surface area contributed by atoms with Crippen LogP contribution in [0.2, 0.25) is 0 Å². The van der Waals surface area contributed by atoms with Crippen LogP contribution in [0.1, 0.15) is 37.7 Å². The van der Waals surface area contributed by atoms with E-state index in [9.17, 15) is 0 Å². The number of rotatable bonds is 6. The summed E-state index contributed by atoms with van der Waals surface area (Å²) in [6, 6.07) is 4.56. The number of nitrogens with zero attached hydrogens (tertiary/aromatic N) is 3. The third kappa shape index (κ3) is 3.47. The number of hydrogen-bond donors (Lipinski definition) is 1. The molecule has 2 aromatic rings. The molecule has 1 unspecified atom stereocenters. The Kier molecular flexibility index (Phi) is 4.43. The summed E-state index contributed by atoms with van der Waals surface area (Å²) in [7, 11) is 0. The maximum atomic E-state index is 5.83. The van der Waals surface area contributed by atoms with Gasteiger partial charge in [0.1, 0.15) is 0 Å². The van der Waals surface area contributed by atoms with Crippen LogP contribution in [0, 0.1) is 0 Å². The molecule has 0 saturated carbocycles. The van der Waals surface area contributed by atoms with Gasteiger partial charge in [0.25, 0.3) is 0 Å². The minimum atomic E-state index is 0.212. The van der Waals surface area contributed by atoms with Gasteiger partial charge < -0.3 is 10.3 Å². The Morgan fingerprint density at radius 1 is 1.37 bits per heavy atom. The highest BCUT2D eigenvalue weighted by atomic mass is 15.3. The summed E-state index contributed by atoms with van der Waals surface area (Å²) >= 11 is 0. The lowest BCUT2D eigenvalue weighted by atomic mass is 10.1. The molecule has 4 heteroatoms. The van der Waals surface area contributed by atoms with Gasteiger partial charge in [-0.15, -0.1) is 0 Å². The Balaban J connectivity index is 2.12. The van der Waals surface area contributed by atoms with E-state index in [0.717, 1.165) is 25.9 Å². The predicted molar refractivity (Wildman–Crippen MR) is 78.2 cm³/mol. The molecule has 104 valence electrons. The lowest BCUT2D eigenvalue weighted by Crippen LogP contribution is -2.17. The molecule has 0 spiro atoms. The monoisotopic (exact) mass is 260 g/mol. The number of hydrogen-bond acceptors (Lipinski definition) is 2. The van der Waals surface area contributed by atoms with E-state index < -0.39 is 0 Å². The topological polar surface area (TPSA) is 48.8 Å². The molecule has 2 aromatic heterocycles. The molecule has 4 nitrogen and oxygen atoms in total. The first-order valence-electron chi connectivity index (χ1n) is 7.08. The van der Waals surface area contributed by atoms with Crippen molar-refractivity contribution in [3.8, 4) is 0 Å². The van der Waals surface area contributed by atoms with E-state index in [2.05, 4.69) is 52.7 Å². The van der Waals surface area contributed by atoms with Crippen LogP contribution in [0.3, 0.4) is 0 Å². The zero-order valence-corrected chi connectivity index (χ0v) is 12.1. The lowest BCUT2D eigenvalue weighted by Gasteiger charge is -2.06. The Labute approximate surface area is 115 Å². The van der Waals surface area contributed by atoms with Crippen molar-refractivity contribution in [2.45, 2.75) is 52.7 Å². The molecule has 0 saturated heterocycles. The van der Waals surface area contributed by atoms with Crippen LogP contribution in [-0.4, -0.2) is 20.4 Å². The van der Waals surface area contributed by atoms with Crippen LogP contribution in [0.25, 0.3) is 0 Å². The quantitative estimate of drug-likeness (QED) is 0.865. The SMILES string of the molecule is CCc1cc(Cn2ccc(CC(C)N)c2)n(CC)n1. The molecule has 0 fully saturated rings. The summed E-state index contributed by atoms with van der Waals surface area (Å²) in [6.07, 6.45) is 6.22. The average molecular weight is 260 g/mol. The molecule has 0 aromatic carbocycles. The summed E-state index contributed by atoms with van der Waals surface area (Å²) in [4.78, 5) is 0. The summed E-state index contributed by atoms with van der Waals surface area (Å²) in [6.45, 7) is 8.11. The molecule has 19 heavy (non-hydrogen) atoms. The Bertz CT molecular complexity index is 522. The minimum Gasteiger partial charge on any atom is -0.348 e. The third-order valence-corrected chi connectivity index (χ3v) is 3.29. The number of nitrogens with two attached hydrogens (primary N) is 1. The zero-order chi connectivity index (χ0) is 13.8. The summed E-state index contributed by atoms with van der Waals surface area (Å²) in [5, 5.41) is 4.58. The van der Waals surface area contributed by atoms with Crippen LogP contribution < -0.4 is 5.73 Å². The fourth-order valence-corrected chi connectivity index (χ4v) is 2.36. The van der Waals surface area contributed by atoms with Gasteiger partial charge in [0.15, 0.2) is 0 Å². The highest BCUT2D eigenvalue weighted by Crippen LogP contribution is 2.10. The molecule has 0 radical (unpaired) electrons. The van der Waals surface area contributed by atoms with Crippen molar-refractivity contribution in [2.24, 2.45) is 5.73 Å².